The summed E-state index contributed by atoms with van der Waals surface area (Å²) in [7, 11) is -5.28. The third-order valence-corrected chi connectivity index (χ3v) is 3.94. The minimum absolute atomic E-state index is 0. The number of nitrogens with one attached hydrogen (secondary N) is 2. The van der Waals surface area contributed by atoms with Gasteiger partial charge in [-0.05, 0) is 0 Å². The number of aromatic amines is 2. The van der Waals surface area contributed by atoms with Crippen LogP contribution in [0.25, 0.3) is 11.2 Å². The maximum atomic E-state index is 11.6. The number of imidazole rings is 1. The third kappa shape index (κ3) is 4.94. The summed E-state index contributed by atoms with van der Waals surface area (Å²) < 4.78 is 20.9. The van der Waals surface area contributed by atoms with Crippen LogP contribution in [0.3, 0.4) is 0 Å². The third-order valence-electron chi connectivity index (χ3n) is 3.48. The Balaban J connectivity index is 0.00000169. The van der Waals surface area contributed by atoms with E-state index >= 15 is 0 Å². The van der Waals surface area contributed by atoms with Gasteiger partial charge in [0, 0.05) is 0 Å². The Kier molecular flexibility index (Phi) is 8.46. The molecule has 0 amide bonds. The van der Waals surface area contributed by atoms with Crippen LogP contribution in [0.1, 0.15) is 6.23 Å². The van der Waals surface area contributed by atoms with Crippen molar-refractivity contribution in [2.24, 2.45) is 0 Å². The van der Waals surface area contributed by atoms with Crippen molar-refractivity contribution in [2.75, 3.05) is 6.61 Å². The molecule has 26 heavy (non-hydrogen) atoms. The van der Waals surface area contributed by atoms with Gasteiger partial charge in [-0.3, -0.25) is 19.3 Å². The zero-order valence-electron chi connectivity index (χ0n) is 13.7. The molecule has 0 unspecified atom stereocenters. The van der Waals surface area contributed by atoms with Crippen LogP contribution in [-0.4, -0.2) is 54.7 Å². The van der Waals surface area contributed by atoms with E-state index in [9.17, 15) is 34.2 Å². The van der Waals surface area contributed by atoms with Gasteiger partial charge in [0.25, 0.3) is 5.56 Å². The summed E-state index contributed by atoms with van der Waals surface area (Å²) in [4.78, 5) is 52.0. The van der Waals surface area contributed by atoms with E-state index in [0.717, 1.165) is 10.9 Å². The Hall–Kier alpha value is 0.140. The van der Waals surface area contributed by atoms with E-state index in [0.29, 0.717) is 0 Å². The number of aliphatic hydroxyl groups is 2. The van der Waals surface area contributed by atoms with Crippen LogP contribution >= 0.6 is 7.82 Å². The van der Waals surface area contributed by atoms with E-state index in [4.69, 9.17) is 4.74 Å². The molecule has 0 aromatic carbocycles. The zero-order valence-corrected chi connectivity index (χ0v) is 18.6. The van der Waals surface area contributed by atoms with Gasteiger partial charge in [0.2, 0.25) is 0 Å². The number of fused-ring (bicyclic) bond motifs is 1. The van der Waals surface area contributed by atoms with Crippen molar-refractivity contribution in [1.82, 2.24) is 19.5 Å². The minimum Gasteiger partial charge on any atom is -0.790 e. The quantitative estimate of drug-likeness (QED) is 0.277. The SMILES string of the molecule is O=c1[nH]c(=O)c2ncn([C@@H]3O[C@H](COP(=O)([O-])[O-])[C@@H](O)[C@H]3O)c2[nH]1.[Na+].[Na+]. The van der Waals surface area contributed by atoms with Gasteiger partial charge in [-0.25, -0.2) is 9.78 Å². The Morgan fingerprint density at radius 1 is 1.27 bits per heavy atom. The van der Waals surface area contributed by atoms with Crippen molar-refractivity contribution in [3.05, 3.63) is 27.2 Å². The molecule has 3 heterocycles. The molecule has 0 saturated carbocycles. The standard InChI is InChI=1S/C10H13N4O9P.2Na/c15-5-3(1-22-24(19,20)21)23-9(6(5)16)14-2-11-4-7(14)12-10(18)13-8(4)17;;/h2-3,5-6,9,15-16H,1H2,(H2,19,20,21)(H2,12,13,17,18);;/q;2*+1/p-2/t3-,5-,6-,9-;;/m1../s1. The molecule has 2 aromatic heterocycles. The number of hydrogen-bond donors (Lipinski definition) is 4. The first-order valence-electron chi connectivity index (χ1n) is 6.55. The Labute approximate surface area is 188 Å². The Morgan fingerprint density at radius 2 is 1.92 bits per heavy atom. The molecule has 4 atom stereocenters. The fourth-order valence-corrected chi connectivity index (χ4v) is 2.74. The van der Waals surface area contributed by atoms with E-state index in [1.165, 1.54) is 0 Å². The van der Waals surface area contributed by atoms with Crippen LogP contribution in [0, 0.1) is 0 Å². The second-order valence-electron chi connectivity index (χ2n) is 5.05. The van der Waals surface area contributed by atoms with Crippen LogP contribution in [0.2, 0.25) is 0 Å². The largest absolute Gasteiger partial charge is 1.00 e. The second kappa shape index (κ2) is 9.09. The molecule has 132 valence electrons. The molecule has 0 bridgehead atoms. The summed E-state index contributed by atoms with van der Waals surface area (Å²) in [6.45, 7) is -0.803. The fourth-order valence-electron chi connectivity index (χ4n) is 2.41. The monoisotopic (exact) mass is 408 g/mol. The van der Waals surface area contributed by atoms with Gasteiger partial charge in [-0.2, -0.15) is 0 Å². The van der Waals surface area contributed by atoms with Gasteiger partial charge < -0.3 is 33.8 Å². The molecular weight excluding hydrogens is 397 g/mol. The number of rotatable bonds is 4. The van der Waals surface area contributed by atoms with Crippen molar-refractivity contribution in [1.29, 1.82) is 0 Å². The summed E-state index contributed by atoms with van der Waals surface area (Å²) >= 11 is 0. The smallest absolute Gasteiger partial charge is 0.790 e. The van der Waals surface area contributed by atoms with E-state index in [2.05, 4.69) is 14.5 Å². The molecule has 1 aliphatic rings. The molecule has 4 N–H and O–H groups in total. The first-order chi connectivity index (χ1) is 11.2. The van der Waals surface area contributed by atoms with E-state index in [1.807, 2.05) is 4.98 Å². The van der Waals surface area contributed by atoms with Gasteiger partial charge in [0.1, 0.15) is 24.0 Å². The molecule has 13 nitrogen and oxygen atoms in total. The zero-order chi connectivity index (χ0) is 17.6. The van der Waals surface area contributed by atoms with Gasteiger partial charge in [-0.15, -0.1) is 0 Å². The summed E-state index contributed by atoms with van der Waals surface area (Å²) in [5.74, 6) is 0. The number of nitrogens with zero attached hydrogens (tertiary/aromatic N) is 2. The number of phosphoric ester groups is 1. The average Bonchev–Trinajstić information content (AvgIpc) is 3.00. The number of aliphatic hydroxyl groups excluding tert-OH is 2. The molecule has 16 heteroatoms. The second-order valence-corrected chi connectivity index (χ2v) is 6.20. The van der Waals surface area contributed by atoms with Gasteiger partial charge in [0.05, 0.1) is 20.8 Å². The Bertz CT molecular complexity index is 923. The molecule has 3 rings (SSSR count). The van der Waals surface area contributed by atoms with Crippen LogP contribution in [0.15, 0.2) is 15.9 Å². The van der Waals surface area contributed by atoms with Crippen molar-refractivity contribution in [3.8, 4) is 0 Å². The minimum atomic E-state index is -5.28. The first kappa shape index (κ1) is 24.2. The first-order valence-corrected chi connectivity index (χ1v) is 8.01. The van der Waals surface area contributed by atoms with Crippen LogP contribution < -0.4 is 80.2 Å². The van der Waals surface area contributed by atoms with Crippen LogP contribution in [-0.2, 0) is 13.8 Å². The molecule has 0 spiro atoms. The predicted octanol–water partition coefficient (Wildman–Crippen LogP) is -10.1. The molecule has 1 fully saturated rings. The number of ether oxygens (including phenoxy) is 1. The van der Waals surface area contributed by atoms with Crippen LogP contribution in [0.5, 0.6) is 0 Å². The normalized spacial score (nSPS) is 25.7. The Morgan fingerprint density at radius 3 is 2.54 bits per heavy atom. The van der Waals surface area contributed by atoms with E-state index in [-0.39, 0.29) is 70.3 Å². The van der Waals surface area contributed by atoms with E-state index < -0.39 is 50.2 Å². The number of H-pyrrole nitrogens is 2. The molecule has 1 aliphatic heterocycles. The van der Waals surface area contributed by atoms with Crippen molar-refractivity contribution < 1.29 is 92.9 Å². The number of aromatic nitrogens is 4. The van der Waals surface area contributed by atoms with Crippen LogP contribution in [0.4, 0.5) is 0 Å². The summed E-state index contributed by atoms with van der Waals surface area (Å²) in [6, 6.07) is 0. The van der Waals surface area contributed by atoms with Gasteiger partial charge in [-0.1, -0.05) is 0 Å². The molecular formula is C10H11N4Na2O9P. The molecule has 0 radical (unpaired) electrons. The molecule has 0 aliphatic carbocycles. The molecule has 2 aromatic rings. The summed E-state index contributed by atoms with van der Waals surface area (Å²) in [6.07, 6.45) is -4.67. The van der Waals surface area contributed by atoms with Gasteiger partial charge >= 0.3 is 64.8 Å². The van der Waals surface area contributed by atoms with Gasteiger partial charge in [0.15, 0.2) is 11.7 Å². The predicted molar refractivity (Wildman–Crippen MR) is 70.5 cm³/mol. The number of phosphoric acid groups is 1. The fraction of sp³-hybridized carbons (Fsp3) is 0.500. The number of hydrogen-bond acceptors (Lipinski definition) is 10. The summed E-state index contributed by atoms with van der Waals surface area (Å²) in [5.41, 5.74) is -1.79. The average molecular weight is 408 g/mol. The van der Waals surface area contributed by atoms with E-state index in [1.54, 1.807) is 0 Å². The maximum Gasteiger partial charge on any atom is 1.00 e. The summed E-state index contributed by atoms with van der Waals surface area (Å²) in [5, 5.41) is 19.9. The maximum absolute atomic E-state index is 11.6. The van der Waals surface area contributed by atoms with Crippen molar-refractivity contribution in [3.63, 3.8) is 0 Å². The van der Waals surface area contributed by atoms with Crippen molar-refractivity contribution in [2.45, 2.75) is 24.5 Å². The van der Waals surface area contributed by atoms with Crippen molar-refractivity contribution >= 4 is 19.0 Å². The molecule has 1 saturated heterocycles. The topological polar surface area (TPSA) is 206 Å².